The van der Waals surface area contributed by atoms with Gasteiger partial charge in [-0.2, -0.15) is 8.78 Å². The maximum absolute atomic E-state index is 14.6. The van der Waals surface area contributed by atoms with E-state index in [4.69, 9.17) is 24.3 Å². The van der Waals surface area contributed by atoms with Crippen molar-refractivity contribution in [1.29, 1.82) is 0 Å². The highest BCUT2D eigenvalue weighted by atomic mass is 31.2. The minimum Gasteiger partial charge on any atom is -0.494 e. The van der Waals surface area contributed by atoms with Crippen LogP contribution in [0.2, 0.25) is 0 Å². The fraction of sp³-hybridized carbons (Fsp3) is 0.441. The molecule has 0 spiro atoms. The predicted octanol–water partition coefficient (Wildman–Crippen LogP) is 8.23. The number of nitrogens with two attached hydrogens (primary N) is 1. The highest BCUT2D eigenvalue weighted by molar-refractivity contribution is 7.55. The third-order valence-corrected chi connectivity index (χ3v) is 9.81. The second-order valence-corrected chi connectivity index (χ2v) is 13.2. The van der Waals surface area contributed by atoms with E-state index < -0.39 is 19.7 Å². The average molecular weight is 658 g/mol. The number of nitrogens with zero attached hydrogens (tertiary/aromatic N) is 2. The molecule has 248 valence electrons. The van der Waals surface area contributed by atoms with E-state index >= 15 is 0 Å². The molecule has 4 rings (SSSR count). The number of carbonyl (C=O) groups excluding carboxylic acids is 1. The summed E-state index contributed by atoms with van der Waals surface area (Å²) in [5, 5.41) is 1.85. The molecule has 2 aromatic heterocycles. The number of pyridine rings is 2. The lowest BCUT2D eigenvalue weighted by atomic mass is 9.93. The number of esters is 1. The molecule has 2 heterocycles. The fourth-order valence-electron chi connectivity index (χ4n) is 5.25. The average Bonchev–Trinajstić information content (AvgIpc) is 3.03. The smallest absolute Gasteiger partial charge is 0.399 e. The van der Waals surface area contributed by atoms with Crippen LogP contribution in [-0.2, 0) is 36.0 Å². The van der Waals surface area contributed by atoms with Crippen LogP contribution in [0, 0.1) is 0 Å². The molecule has 0 radical (unpaired) electrons. The first kappa shape index (κ1) is 35.2. The first-order valence-corrected chi connectivity index (χ1v) is 17.2. The summed E-state index contributed by atoms with van der Waals surface area (Å²) in [6.07, 6.45) is 2.72. The Hall–Kier alpha value is -3.66. The van der Waals surface area contributed by atoms with Crippen molar-refractivity contribution in [2.45, 2.75) is 71.4 Å². The van der Waals surface area contributed by atoms with Crippen LogP contribution in [-0.4, -0.2) is 48.0 Å². The van der Waals surface area contributed by atoms with Gasteiger partial charge in [0.1, 0.15) is 11.3 Å². The third kappa shape index (κ3) is 8.57. The predicted molar refractivity (Wildman–Crippen MR) is 176 cm³/mol. The van der Waals surface area contributed by atoms with E-state index in [-0.39, 0.29) is 38.1 Å². The zero-order chi connectivity index (χ0) is 33.3. The molecule has 0 saturated heterocycles. The van der Waals surface area contributed by atoms with Crippen LogP contribution in [0.1, 0.15) is 69.6 Å². The molecule has 9 nitrogen and oxygen atoms in total. The third-order valence-electron chi connectivity index (χ3n) is 7.59. The van der Waals surface area contributed by atoms with Crippen molar-refractivity contribution in [1.82, 2.24) is 9.97 Å². The highest BCUT2D eigenvalue weighted by Crippen LogP contribution is 2.63. The standard InChI is InChI=1S/C34H42F2N3O6P/c1-5-42-31(40)16-12-25-11-15-28-29-21-26(22-38-32(29)33(37)39-30(28)20-25)23(4)19-24-9-13-27(14-10-24)43-18-8-17-34(35,36)46(41,44-6-2)45-7-3/h9-11,13-15,20-23H,5-8,12,16-19H2,1-4H3,(H2,37,39). The number of hydrogen-bond donors (Lipinski definition) is 1. The van der Waals surface area contributed by atoms with Gasteiger partial charge in [0.2, 0.25) is 0 Å². The number of carbonyl (C=O) groups is 1. The summed E-state index contributed by atoms with van der Waals surface area (Å²) in [7, 11) is -4.54. The van der Waals surface area contributed by atoms with Crippen LogP contribution in [0.4, 0.5) is 14.6 Å². The molecular formula is C34H42F2N3O6P. The molecule has 0 fully saturated rings. The number of fused-ring (bicyclic) bond motifs is 3. The SMILES string of the molecule is CCOC(=O)CCc1ccc2c(c1)nc(N)c1ncc(C(C)Cc3ccc(OCCCC(F)(F)P(=O)(OCC)OCC)cc3)cc12. The summed E-state index contributed by atoms with van der Waals surface area (Å²) in [6, 6.07) is 15.6. The van der Waals surface area contributed by atoms with E-state index in [1.54, 1.807) is 6.92 Å². The van der Waals surface area contributed by atoms with E-state index in [1.807, 2.05) is 48.7 Å². The number of alkyl halides is 2. The van der Waals surface area contributed by atoms with Crippen molar-refractivity contribution < 1.29 is 36.7 Å². The largest absolute Gasteiger partial charge is 0.494 e. The minimum atomic E-state index is -4.54. The summed E-state index contributed by atoms with van der Waals surface area (Å²) in [5.74, 6) is 0.805. The van der Waals surface area contributed by atoms with Crippen LogP contribution in [0.25, 0.3) is 21.8 Å². The molecule has 4 aromatic rings. The second kappa shape index (κ2) is 15.8. The summed E-state index contributed by atoms with van der Waals surface area (Å²) in [5.41, 5.74) is 7.17. The van der Waals surface area contributed by atoms with Gasteiger partial charge in [-0.1, -0.05) is 31.2 Å². The zero-order valence-corrected chi connectivity index (χ0v) is 27.7. The van der Waals surface area contributed by atoms with Gasteiger partial charge in [0.25, 0.3) is 0 Å². The number of hydrogen-bond acceptors (Lipinski definition) is 9. The van der Waals surface area contributed by atoms with Gasteiger partial charge in [0.05, 0.1) is 31.9 Å². The highest BCUT2D eigenvalue weighted by Gasteiger charge is 2.52. The molecule has 2 aromatic carbocycles. The van der Waals surface area contributed by atoms with E-state index in [0.29, 0.717) is 36.5 Å². The lowest BCUT2D eigenvalue weighted by molar-refractivity contribution is -0.143. The van der Waals surface area contributed by atoms with Gasteiger partial charge < -0.3 is 24.3 Å². The quantitative estimate of drug-likeness (QED) is 0.0518. The maximum Gasteiger partial charge on any atom is 0.399 e. The normalized spacial score (nSPS) is 12.8. The zero-order valence-electron chi connectivity index (χ0n) is 26.8. The van der Waals surface area contributed by atoms with Crippen molar-refractivity contribution >= 4 is 41.2 Å². The number of nitrogen functional groups attached to an aromatic ring is 1. The van der Waals surface area contributed by atoms with Crippen LogP contribution in [0.3, 0.4) is 0 Å². The van der Waals surface area contributed by atoms with Gasteiger partial charge >= 0.3 is 19.2 Å². The Labute approximate surface area is 268 Å². The second-order valence-electron chi connectivity index (χ2n) is 11.0. The summed E-state index contributed by atoms with van der Waals surface area (Å²) in [4.78, 5) is 21.0. The molecule has 0 aliphatic carbocycles. The molecule has 1 atom stereocenters. The number of aryl methyl sites for hydroxylation is 1. The van der Waals surface area contributed by atoms with Gasteiger partial charge in [-0.05, 0) is 86.9 Å². The molecular weight excluding hydrogens is 615 g/mol. The Balaban J connectivity index is 1.38. The van der Waals surface area contributed by atoms with Gasteiger partial charge in [-0.25, -0.2) is 4.98 Å². The first-order chi connectivity index (χ1) is 22.0. The summed E-state index contributed by atoms with van der Waals surface area (Å²) in [6.45, 7) is 7.04. The lowest BCUT2D eigenvalue weighted by Gasteiger charge is -2.25. The molecule has 0 aliphatic heterocycles. The first-order valence-electron chi connectivity index (χ1n) is 15.6. The number of aromatic nitrogens is 2. The Morgan fingerprint density at radius 3 is 2.35 bits per heavy atom. The Morgan fingerprint density at radius 1 is 0.978 bits per heavy atom. The maximum atomic E-state index is 14.6. The number of ether oxygens (including phenoxy) is 2. The van der Waals surface area contributed by atoms with Crippen molar-refractivity contribution in [3.63, 3.8) is 0 Å². The number of rotatable bonds is 17. The summed E-state index contributed by atoms with van der Waals surface area (Å²) < 4.78 is 61.9. The van der Waals surface area contributed by atoms with Gasteiger partial charge in [0.15, 0.2) is 5.82 Å². The van der Waals surface area contributed by atoms with E-state index in [2.05, 4.69) is 23.0 Å². The minimum absolute atomic E-state index is 0.0193. The topological polar surface area (TPSA) is 123 Å². The van der Waals surface area contributed by atoms with Gasteiger partial charge in [-0.15, -0.1) is 0 Å². The van der Waals surface area contributed by atoms with Gasteiger partial charge in [0, 0.05) is 29.8 Å². The van der Waals surface area contributed by atoms with E-state index in [9.17, 15) is 18.1 Å². The van der Waals surface area contributed by atoms with Crippen molar-refractivity contribution in [3.8, 4) is 5.75 Å². The molecule has 12 heteroatoms. The molecule has 0 saturated carbocycles. The van der Waals surface area contributed by atoms with Crippen LogP contribution >= 0.6 is 7.60 Å². The van der Waals surface area contributed by atoms with Crippen molar-refractivity contribution in [2.24, 2.45) is 0 Å². The molecule has 2 N–H and O–H groups in total. The van der Waals surface area contributed by atoms with Crippen LogP contribution in [0.5, 0.6) is 5.75 Å². The fourth-order valence-corrected chi connectivity index (χ4v) is 6.81. The van der Waals surface area contributed by atoms with Crippen molar-refractivity contribution in [2.75, 3.05) is 32.2 Å². The lowest BCUT2D eigenvalue weighted by Crippen LogP contribution is -2.21. The van der Waals surface area contributed by atoms with E-state index in [1.165, 1.54) is 13.8 Å². The number of benzene rings is 2. The molecule has 0 aliphatic rings. The number of anilines is 1. The molecule has 0 bridgehead atoms. The Morgan fingerprint density at radius 2 is 1.67 bits per heavy atom. The molecule has 46 heavy (non-hydrogen) atoms. The van der Waals surface area contributed by atoms with Crippen LogP contribution in [0.15, 0.2) is 54.7 Å². The monoisotopic (exact) mass is 657 g/mol. The number of halogens is 2. The van der Waals surface area contributed by atoms with Crippen LogP contribution < -0.4 is 10.5 Å². The Kier molecular flexibility index (Phi) is 12.1. The molecule has 0 amide bonds. The van der Waals surface area contributed by atoms with Crippen molar-refractivity contribution in [3.05, 3.63) is 71.4 Å². The van der Waals surface area contributed by atoms with E-state index in [0.717, 1.165) is 39.4 Å². The Bertz CT molecular complexity index is 1680. The molecule has 1 unspecified atom stereocenters. The summed E-state index contributed by atoms with van der Waals surface area (Å²) >= 11 is 0. The van der Waals surface area contributed by atoms with Gasteiger partial charge in [-0.3, -0.25) is 14.3 Å².